The number of allylic oxidation sites excluding steroid dienone is 3. The van der Waals surface area contributed by atoms with Crippen LogP contribution in [0, 0.1) is 0 Å². The Morgan fingerprint density at radius 2 is 0.667 bits per heavy atom. The molecule has 0 aliphatic heterocycles. The summed E-state index contributed by atoms with van der Waals surface area (Å²) in [6.07, 6.45) is 63.9. The summed E-state index contributed by atoms with van der Waals surface area (Å²) >= 11 is 0. The lowest BCUT2D eigenvalue weighted by Gasteiger charge is -2.21. The molecule has 0 radical (unpaired) electrons. The molecule has 0 aliphatic rings. The Bertz CT molecular complexity index is 890. The van der Waals surface area contributed by atoms with Crippen LogP contribution in [0.15, 0.2) is 24.3 Å². The maximum atomic E-state index is 12.5. The van der Waals surface area contributed by atoms with E-state index in [-0.39, 0.29) is 6.61 Å². The molecule has 0 fully saturated rings. The molecule has 0 saturated heterocycles. The average Bonchev–Trinajstić information content (AvgIpc) is 3.25. The van der Waals surface area contributed by atoms with E-state index in [1.54, 1.807) is 6.08 Å². The lowest BCUT2D eigenvalue weighted by atomic mass is 10.0. The second-order valence-corrected chi connectivity index (χ2v) is 18.8. The topological polar surface area (TPSA) is 89.8 Å². The number of nitrogens with one attached hydrogen (secondary N) is 1. The van der Waals surface area contributed by atoms with Gasteiger partial charge in [0.05, 0.1) is 18.8 Å². The lowest BCUT2D eigenvalue weighted by molar-refractivity contribution is -0.131. The molecule has 0 spiro atoms. The Kier molecular flexibility index (Phi) is 49.5. The second-order valence-electron chi connectivity index (χ2n) is 18.8. The molecule has 0 aliphatic carbocycles. The van der Waals surface area contributed by atoms with Crippen molar-refractivity contribution in [2.75, 3.05) is 6.61 Å². The van der Waals surface area contributed by atoms with Crippen LogP contribution in [0.1, 0.15) is 296 Å². The zero-order valence-corrected chi connectivity index (χ0v) is 40.6. The van der Waals surface area contributed by atoms with E-state index in [9.17, 15) is 20.1 Å². The fourth-order valence-corrected chi connectivity index (χ4v) is 8.54. The first-order valence-corrected chi connectivity index (χ1v) is 27.2. The van der Waals surface area contributed by atoms with Crippen molar-refractivity contribution < 1.29 is 20.1 Å². The molecule has 0 saturated carbocycles. The van der Waals surface area contributed by atoms with Crippen molar-refractivity contribution >= 4 is 5.91 Å². The quantitative estimate of drug-likeness (QED) is 0.0363. The predicted molar refractivity (Wildman–Crippen MR) is 264 cm³/mol. The van der Waals surface area contributed by atoms with E-state index in [2.05, 4.69) is 31.3 Å². The third kappa shape index (κ3) is 44.9. The number of rotatable bonds is 50. The van der Waals surface area contributed by atoms with Crippen LogP contribution in [0.2, 0.25) is 0 Å². The van der Waals surface area contributed by atoms with Gasteiger partial charge in [0.15, 0.2) is 0 Å². The normalized spacial score (nSPS) is 13.5. The highest BCUT2D eigenvalue weighted by molar-refractivity contribution is 5.80. The van der Waals surface area contributed by atoms with Crippen LogP contribution >= 0.6 is 0 Å². The number of carbonyl (C=O) groups excluding carboxylic acids is 1. The number of aliphatic hydroxyl groups is 3. The molecule has 5 nitrogen and oxygen atoms in total. The first kappa shape index (κ1) is 58.8. The predicted octanol–water partition coefficient (Wildman–Crippen LogP) is 16.5. The van der Waals surface area contributed by atoms with E-state index in [0.717, 1.165) is 32.1 Å². The van der Waals surface area contributed by atoms with E-state index in [1.807, 2.05) is 6.08 Å². The number of carbonyl (C=O) groups is 1. The highest BCUT2D eigenvalue weighted by Gasteiger charge is 2.22. The van der Waals surface area contributed by atoms with Crippen molar-refractivity contribution in [3.63, 3.8) is 0 Å². The van der Waals surface area contributed by atoms with Gasteiger partial charge < -0.3 is 20.6 Å². The molecule has 0 heterocycles. The third-order valence-electron chi connectivity index (χ3n) is 12.8. The first-order valence-electron chi connectivity index (χ1n) is 27.2. The number of unbranched alkanes of at least 4 members (excludes halogenated alkanes) is 40. The SMILES string of the molecule is CCCCCCCCCCCCCC/C=C\CCCCCCCCCCCC(O)C(=O)NC(CO)C(O)/C=C/CCCCCCCCCCCCCCCCCCCCC. The molecule has 1 amide bonds. The maximum absolute atomic E-state index is 12.5. The van der Waals surface area contributed by atoms with Gasteiger partial charge in [-0.3, -0.25) is 4.79 Å². The summed E-state index contributed by atoms with van der Waals surface area (Å²) in [4.78, 5) is 12.5. The second kappa shape index (κ2) is 50.5. The van der Waals surface area contributed by atoms with Crippen molar-refractivity contribution in [3.05, 3.63) is 24.3 Å². The highest BCUT2D eigenvalue weighted by atomic mass is 16.3. The number of hydrogen-bond acceptors (Lipinski definition) is 4. The summed E-state index contributed by atoms with van der Waals surface area (Å²) in [6, 6.07) is -0.798. The van der Waals surface area contributed by atoms with Crippen molar-refractivity contribution in [2.24, 2.45) is 0 Å². The number of hydrogen-bond donors (Lipinski definition) is 4. The van der Waals surface area contributed by atoms with Gasteiger partial charge in [-0.2, -0.15) is 0 Å². The fraction of sp³-hybridized carbons (Fsp3) is 0.909. The largest absolute Gasteiger partial charge is 0.394 e. The molecule has 3 atom stereocenters. The van der Waals surface area contributed by atoms with Crippen LogP contribution in [0.5, 0.6) is 0 Å². The Morgan fingerprint density at radius 1 is 0.400 bits per heavy atom. The van der Waals surface area contributed by atoms with Gasteiger partial charge in [-0.1, -0.05) is 276 Å². The van der Waals surface area contributed by atoms with E-state index < -0.39 is 24.2 Å². The maximum Gasteiger partial charge on any atom is 0.249 e. The Labute approximate surface area is 375 Å². The van der Waals surface area contributed by atoms with Gasteiger partial charge >= 0.3 is 0 Å². The van der Waals surface area contributed by atoms with Gasteiger partial charge in [0.2, 0.25) is 5.91 Å². The zero-order valence-electron chi connectivity index (χ0n) is 40.6. The Balaban J connectivity index is 3.58. The summed E-state index contributed by atoms with van der Waals surface area (Å²) in [6.45, 7) is 4.22. The highest BCUT2D eigenvalue weighted by Crippen LogP contribution is 2.17. The van der Waals surface area contributed by atoms with Crippen LogP contribution in [-0.4, -0.2) is 46.1 Å². The van der Waals surface area contributed by atoms with Gasteiger partial charge in [0.1, 0.15) is 6.10 Å². The molecule has 60 heavy (non-hydrogen) atoms. The smallest absolute Gasteiger partial charge is 0.249 e. The van der Waals surface area contributed by atoms with Crippen LogP contribution in [-0.2, 0) is 4.79 Å². The van der Waals surface area contributed by atoms with Crippen molar-refractivity contribution in [2.45, 2.75) is 315 Å². The Morgan fingerprint density at radius 3 is 0.967 bits per heavy atom. The molecule has 3 unspecified atom stereocenters. The van der Waals surface area contributed by atoms with Crippen molar-refractivity contribution in [1.29, 1.82) is 0 Å². The monoisotopic (exact) mass is 846 g/mol. The van der Waals surface area contributed by atoms with Crippen LogP contribution < -0.4 is 5.32 Å². The summed E-state index contributed by atoms with van der Waals surface area (Å²) in [7, 11) is 0. The van der Waals surface area contributed by atoms with E-state index in [4.69, 9.17) is 0 Å². The average molecular weight is 846 g/mol. The number of aliphatic hydroxyl groups excluding tert-OH is 3. The minimum Gasteiger partial charge on any atom is -0.394 e. The van der Waals surface area contributed by atoms with Gasteiger partial charge in [-0.25, -0.2) is 0 Å². The van der Waals surface area contributed by atoms with Gasteiger partial charge in [0.25, 0.3) is 0 Å². The van der Waals surface area contributed by atoms with Gasteiger partial charge in [-0.15, -0.1) is 0 Å². The minimum atomic E-state index is -1.10. The molecule has 0 rings (SSSR count). The summed E-state index contributed by atoms with van der Waals surface area (Å²) in [5, 5.41) is 33.3. The molecular formula is C55H107NO4. The van der Waals surface area contributed by atoms with E-state index in [0.29, 0.717) is 6.42 Å². The van der Waals surface area contributed by atoms with Crippen LogP contribution in [0.4, 0.5) is 0 Å². The molecule has 0 bridgehead atoms. The molecule has 0 aromatic heterocycles. The van der Waals surface area contributed by atoms with Crippen LogP contribution in [0.25, 0.3) is 0 Å². The molecule has 5 heteroatoms. The fourth-order valence-electron chi connectivity index (χ4n) is 8.54. The summed E-state index contributed by atoms with van der Waals surface area (Å²) < 4.78 is 0. The lowest BCUT2D eigenvalue weighted by Crippen LogP contribution is -2.48. The molecule has 4 N–H and O–H groups in total. The van der Waals surface area contributed by atoms with E-state index >= 15 is 0 Å². The van der Waals surface area contributed by atoms with E-state index in [1.165, 1.54) is 244 Å². The van der Waals surface area contributed by atoms with Crippen LogP contribution in [0.3, 0.4) is 0 Å². The molecular weight excluding hydrogens is 739 g/mol. The standard InChI is InChI=1S/C55H107NO4/c1-3-5-7-9-11-13-15-17-19-21-23-25-26-27-28-30-32-34-36-38-40-42-44-46-48-50-54(59)55(60)56-52(51-57)53(58)49-47-45-43-41-39-37-35-33-31-29-24-22-20-18-16-14-12-10-8-6-4-2/h27-28,47,49,52-54,57-59H,3-26,29-46,48,50-51H2,1-2H3,(H,56,60)/b28-27-,49-47+. The number of amides is 1. The third-order valence-corrected chi connectivity index (χ3v) is 12.8. The van der Waals surface area contributed by atoms with Gasteiger partial charge in [-0.05, 0) is 44.9 Å². The first-order chi connectivity index (χ1) is 29.6. The van der Waals surface area contributed by atoms with Crippen molar-refractivity contribution in [1.82, 2.24) is 5.32 Å². The van der Waals surface area contributed by atoms with Gasteiger partial charge in [0, 0.05) is 0 Å². The summed E-state index contributed by atoms with van der Waals surface area (Å²) in [5.41, 5.74) is 0. The Hall–Kier alpha value is -1.17. The molecule has 0 aromatic rings. The van der Waals surface area contributed by atoms with Crippen molar-refractivity contribution in [3.8, 4) is 0 Å². The summed E-state index contributed by atoms with van der Waals surface area (Å²) in [5.74, 6) is -0.500. The molecule has 0 aromatic carbocycles. The minimum absolute atomic E-state index is 0.362. The zero-order chi connectivity index (χ0) is 43.7. The molecule has 356 valence electrons.